The maximum absolute atomic E-state index is 13.4. The van der Waals surface area contributed by atoms with Gasteiger partial charge < -0.3 is 48.3 Å². The molecule has 41 heavy (non-hydrogen) atoms. The van der Waals surface area contributed by atoms with E-state index in [2.05, 4.69) is 30.9 Å². The predicted molar refractivity (Wildman–Crippen MR) is 146 cm³/mol. The molecular weight excluding hydrogens is 538 g/mol. The van der Waals surface area contributed by atoms with Crippen molar-refractivity contribution >= 4 is 35.6 Å². The quantitative estimate of drug-likeness (QED) is 0.0545. The number of imidazole rings is 1. The molecule has 1 aromatic heterocycles. The zero-order chi connectivity index (χ0) is 30.4. The lowest BCUT2D eigenvalue weighted by Gasteiger charge is -2.25. The normalized spacial score (nSPS) is 13.6. The van der Waals surface area contributed by atoms with Gasteiger partial charge in [-0.2, -0.15) is 0 Å². The number of guanidine groups is 1. The van der Waals surface area contributed by atoms with Crippen LogP contribution >= 0.6 is 0 Å². The highest BCUT2D eigenvalue weighted by Crippen LogP contribution is 2.07. The van der Waals surface area contributed by atoms with Gasteiger partial charge in [0.15, 0.2) is 5.96 Å². The Morgan fingerprint density at radius 1 is 0.902 bits per heavy atom. The lowest BCUT2D eigenvalue weighted by Crippen LogP contribution is -2.58. The van der Waals surface area contributed by atoms with Crippen molar-refractivity contribution in [3.63, 3.8) is 0 Å². The second-order valence-electron chi connectivity index (χ2n) is 9.15. The summed E-state index contributed by atoms with van der Waals surface area (Å²) >= 11 is 0. The lowest BCUT2D eigenvalue weighted by atomic mass is 10.0. The fourth-order valence-electron chi connectivity index (χ4n) is 3.75. The summed E-state index contributed by atoms with van der Waals surface area (Å²) in [4.78, 5) is 72.5. The maximum Gasteiger partial charge on any atom is 0.326 e. The van der Waals surface area contributed by atoms with E-state index in [1.54, 1.807) is 30.3 Å². The van der Waals surface area contributed by atoms with Crippen molar-refractivity contribution in [2.45, 2.75) is 56.3 Å². The SMILES string of the molecule is NC(N)=NCCCC(NC(=O)C(Cc1cnc[nH]1)NC(=O)C(Cc1ccccc1)NC(=O)C(N)CC(=O)O)C(=O)O. The van der Waals surface area contributed by atoms with Gasteiger partial charge in [-0.15, -0.1) is 0 Å². The van der Waals surface area contributed by atoms with E-state index in [0.29, 0.717) is 11.3 Å². The van der Waals surface area contributed by atoms with Gasteiger partial charge in [0.2, 0.25) is 17.7 Å². The van der Waals surface area contributed by atoms with Gasteiger partial charge in [-0.3, -0.25) is 24.2 Å². The standard InChI is InChI=1S/C25H35N9O7/c26-16(11-20(35)36)21(37)33-18(9-14-5-2-1-3-6-14)22(38)34-19(10-15-12-29-13-31-15)23(39)32-17(24(40)41)7-4-8-30-25(27)28/h1-3,5-6,12-13,16-19H,4,7-11,26H2,(H,29,31)(H,32,39)(H,33,37)(H,34,38)(H,35,36)(H,40,41)(H4,27,28,30). The molecule has 222 valence electrons. The van der Waals surface area contributed by atoms with Gasteiger partial charge in [0, 0.05) is 31.3 Å². The number of carbonyl (C=O) groups excluding carboxylic acids is 3. The first-order valence-electron chi connectivity index (χ1n) is 12.6. The maximum atomic E-state index is 13.4. The number of aromatic amines is 1. The van der Waals surface area contributed by atoms with E-state index in [-0.39, 0.29) is 38.2 Å². The second kappa shape index (κ2) is 16.2. The molecule has 16 heteroatoms. The van der Waals surface area contributed by atoms with E-state index < -0.39 is 60.2 Å². The number of amides is 3. The summed E-state index contributed by atoms with van der Waals surface area (Å²) in [6.45, 7) is 0.154. The highest BCUT2D eigenvalue weighted by molar-refractivity contribution is 5.95. The number of aliphatic imine (C=N–C) groups is 1. The van der Waals surface area contributed by atoms with Gasteiger partial charge >= 0.3 is 11.9 Å². The van der Waals surface area contributed by atoms with Crippen molar-refractivity contribution in [2.75, 3.05) is 6.54 Å². The molecule has 0 aliphatic carbocycles. The minimum atomic E-state index is -1.42. The van der Waals surface area contributed by atoms with Gasteiger partial charge in [-0.25, -0.2) is 9.78 Å². The van der Waals surface area contributed by atoms with Crippen molar-refractivity contribution in [3.8, 4) is 0 Å². The molecule has 4 unspecified atom stereocenters. The van der Waals surface area contributed by atoms with Crippen LogP contribution in [0.4, 0.5) is 0 Å². The molecule has 1 heterocycles. The smallest absolute Gasteiger partial charge is 0.326 e. The summed E-state index contributed by atoms with van der Waals surface area (Å²) in [5.41, 5.74) is 17.4. The summed E-state index contributed by atoms with van der Waals surface area (Å²) in [6.07, 6.45) is 2.34. The van der Waals surface area contributed by atoms with Crippen LogP contribution in [0, 0.1) is 0 Å². The Labute approximate surface area is 235 Å². The summed E-state index contributed by atoms with van der Waals surface area (Å²) < 4.78 is 0. The number of H-pyrrole nitrogens is 1. The van der Waals surface area contributed by atoms with Crippen LogP contribution in [0.5, 0.6) is 0 Å². The van der Waals surface area contributed by atoms with E-state index in [1.807, 2.05) is 0 Å². The number of carboxylic acid groups (broad SMARTS) is 2. The number of hydrogen-bond donors (Lipinski definition) is 9. The molecule has 0 radical (unpaired) electrons. The molecule has 4 atom stereocenters. The molecule has 12 N–H and O–H groups in total. The minimum absolute atomic E-state index is 0.000849. The van der Waals surface area contributed by atoms with Crippen LogP contribution in [0.25, 0.3) is 0 Å². The zero-order valence-corrected chi connectivity index (χ0v) is 22.2. The number of carbonyl (C=O) groups is 5. The summed E-state index contributed by atoms with van der Waals surface area (Å²) in [5.74, 6) is -5.18. The third kappa shape index (κ3) is 11.7. The third-order valence-electron chi connectivity index (χ3n) is 5.82. The molecule has 0 aliphatic heterocycles. The van der Waals surface area contributed by atoms with E-state index in [0.717, 1.165) is 0 Å². The second-order valence-corrected chi connectivity index (χ2v) is 9.15. The number of nitrogens with two attached hydrogens (primary N) is 3. The van der Waals surface area contributed by atoms with E-state index in [1.165, 1.54) is 12.5 Å². The Balaban J connectivity index is 2.23. The Morgan fingerprint density at radius 2 is 1.51 bits per heavy atom. The molecule has 0 fully saturated rings. The van der Waals surface area contributed by atoms with Crippen LogP contribution in [-0.4, -0.2) is 86.5 Å². The van der Waals surface area contributed by atoms with Gasteiger partial charge in [0.25, 0.3) is 0 Å². The molecule has 0 saturated carbocycles. The van der Waals surface area contributed by atoms with Crippen LogP contribution in [0.3, 0.4) is 0 Å². The van der Waals surface area contributed by atoms with E-state index in [4.69, 9.17) is 22.3 Å². The van der Waals surface area contributed by atoms with Crippen molar-refractivity contribution in [2.24, 2.45) is 22.2 Å². The molecule has 3 amide bonds. The van der Waals surface area contributed by atoms with Gasteiger partial charge in [0.05, 0.1) is 18.8 Å². The Bertz CT molecular complexity index is 1200. The number of hydrogen-bond acceptors (Lipinski definition) is 8. The van der Waals surface area contributed by atoms with Crippen LogP contribution in [0.15, 0.2) is 47.8 Å². The van der Waals surface area contributed by atoms with Gasteiger partial charge in [-0.05, 0) is 18.4 Å². The molecule has 0 aliphatic rings. The number of rotatable bonds is 17. The number of nitrogens with one attached hydrogen (secondary N) is 4. The molecule has 2 aromatic rings. The van der Waals surface area contributed by atoms with Crippen LogP contribution in [-0.2, 0) is 36.8 Å². The minimum Gasteiger partial charge on any atom is -0.481 e. The van der Waals surface area contributed by atoms with Crippen molar-refractivity contribution in [3.05, 3.63) is 54.1 Å². The molecule has 16 nitrogen and oxygen atoms in total. The van der Waals surface area contributed by atoms with Crippen molar-refractivity contribution in [1.29, 1.82) is 0 Å². The Kier molecular flexibility index (Phi) is 12.7. The fraction of sp³-hybridized carbons (Fsp3) is 0.400. The topological polar surface area (TPSA) is 281 Å². The lowest BCUT2D eigenvalue weighted by molar-refractivity contribution is -0.142. The van der Waals surface area contributed by atoms with Gasteiger partial charge in [-0.1, -0.05) is 30.3 Å². The number of aliphatic carboxylic acids is 2. The van der Waals surface area contributed by atoms with Gasteiger partial charge in [0.1, 0.15) is 18.1 Å². The number of nitrogens with zero attached hydrogens (tertiary/aromatic N) is 2. The van der Waals surface area contributed by atoms with Crippen LogP contribution in [0.2, 0.25) is 0 Å². The fourth-order valence-corrected chi connectivity index (χ4v) is 3.75. The molecule has 2 rings (SSSR count). The molecule has 0 saturated heterocycles. The first kappa shape index (κ1) is 32.2. The van der Waals surface area contributed by atoms with Crippen LogP contribution in [0.1, 0.15) is 30.5 Å². The first-order chi connectivity index (χ1) is 19.5. The molecule has 0 bridgehead atoms. The number of carboxylic acids is 2. The van der Waals surface area contributed by atoms with E-state index in [9.17, 15) is 29.1 Å². The third-order valence-corrected chi connectivity index (χ3v) is 5.82. The largest absolute Gasteiger partial charge is 0.481 e. The Hall–Kier alpha value is -4.99. The Morgan fingerprint density at radius 3 is 2.07 bits per heavy atom. The number of aromatic nitrogens is 2. The van der Waals surface area contributed by atoms with Crippen LogP contribution < -0.4 is 33.2 Å². The molecule has 1 aromatic carbocycles. The average molecular weight is 574 g/mol. The average Bonchev–Trinajstić information content (AvgIpc) is 3.42. The number of benzene rings is 1. The highest BCUT2D eigenvalue weighted by atomic mass is 16.4. The highest BCUT2D eigenvalue weighted by Gasteiger charge is 2.31. The monoisotopic (exact) mass is 573 g/mol. The molecular formula is C25H35N9O7. The summed E-state index contributed by atoms with van der Waals surface area (Å²) in [6, 6.07) is 3.44. The van der Waals surface area contributed by atoms with E-state index >= 15 is 0 Å². The summed E-state index contributed by atoms with van der Waals surface area (Å²) in [7, 11) is 0. The zero-order valence-electron chi connectivity index (χ0n) is 22.2. The van der Waals surface area contributed by atoms with Crippen molar-refractivity contribution in [1.82, 2.24) is 25.9 Å². The molecule has 0 spiro atoms. The first-order valence-corrected chi connectivity index (χ1v) is 12.6. The van der Waals surface area contributed by atoms with Crippen molar-refractivity contribution < 1.29 is 34.2 Å². The predicted octanol–water partition coefficient (Wildman–Crippen LogP) is -2.41. The summed E-state index contributed by atoms with van der Waals surface area (Å²) in [5, 5.41) is 26.0.